The van der Waals surface area contributed by atoms with Gasteiger partial charge in [-0.3, -0.25) is 9.59 Å². The Kier molecular flexibility index (Phi) is 6.57. The molecule has 30 heavy (non-hydrogen) atoms. The molecule has 1 N–H and O–H groups in total. The minimum atomic E-state index is -0.703. The average Bonchev–Trinajstić information content (AvgIpc) is 2.96. The predicted molar refractivity (Wildman–Crippen MR) is 114 cm³/mol. The fourth-order valence-electron chi connectivity index (χ4n) is 3.63. The number of carbonyl (C=O) groups is 2. The Balaban J connectivity index is 2.13. The Morgan fingerprint density at radius 2 is 1.87 bits per heavy atom. The highest BCUT2D eigenvalue weighted by atomic mass is 16.5. The zero-order valence-corrected chi connectivity index (χ0v) is 17.7. The molecule has 1 unspecified atom stereocenters. The Morgan fingerprint density at radius 1 is 1.13 bits per heavy atom. The van der Waals surface area contributed by atoms with Crippen molar-refractivity contribution in [3.05, 3.63) is 70.8 Å². The van der Waals surface area contributed by atoms with Gasteiger partial charge in [-0.25, -0.2) is 0 Å². The van der Waals surface area contributed by atoms with Gasteiger partial charge in [0, 0.05) is 19.2 Å². The number of hydrogen-bond acceptors (Lipinski definition) is 5. The van der Waals surface area contributed by atoms with E-state index < -0.39 is 17.7 Å². The molecule has 158 valence electrons. The van der Waals surface area contributed by atoms with Gasteiger partial charge in [0.05, 0.1) is 24.3 Å². The van der Waals surface area contributed by atoms with Crippen LogP contribution < -0.4 is 4.74 Å². The van der Waals surface area contributed by atoms with Crippen molar-refractivity contribution in [1.29, 1.82) is 0 Å². The third-order valence-corrected chi connectivity index (χ3v) is 4.91. The summed E-state index contributed by atoms with van der Waals surface area (Å²) in [6.45, 7) is 6.29. The van der Waals surface area contributed by atoms with Gasteiger partial charge in [-0.05, 0) is 38.5 Å². The Labute approximate surface area is 176 Å². The molecule has 2 aromatic carbocycles. The fraction of sp³-hybridized carbons (Fsp3) is 0.333. The third-order valence-electron chi connectivity index (χ3n) is 4.91. The largest absolute Gasteiger partial charge is 0.507 e. The van der Waals surface area contributed by atoms with E-state index in [-0.39, 0.29) is 30.6 Å². The first-order chi connectivity index (χ1) is 14.3. The summed E-state index contributed by atoms with van der Waals surface area (Å²) in [5.41, 5.74) is 2.26. The number of aliphatic hydroxyl groups excluding tert-OH is 1. The quantitative estimate of drug-likeness (QED) is 0.427. The second-order valence-electron chi connectivity index (χ2n) is 7.59. The molecule has 0 aromatic heterocycles. The summed E-state index contributed by atoms with van der Waals surface area (Å²) in [6, 6.07) is 13.8. The maximum Gasteiger partial charge on any atom is 0.295 e. The van der Waals surface area contributed by atoms with Crippen LogP contribution in [0.2, 0.25) is 0 Å². The van der Waals surface area contributed by atoms with Gasteiger partial charge < -0.3 is 19.5 Å². The molecular formula is C24H27NO5. The molecule has 1 atom stereocenters. The summed E-state index contributed by atoms with van der Waals surface area (Å²) < 4.78 is 10.8. The topological polar surface area (TPSA) is 76.1 Å². The maximum absolute atomic E-state index is 12.9. The molecule has 0 spiro atoms. The number of hydrogen-bond donors (Lipinski definition) is 1. The molecule has 1 aliphatic rings. The zero-order chi connectivity index (χ0) is 21.8. The Morgan fingerprint density at radius 3 is 2.53 bits per heavy atom. The third kappa shape index (κ3) is 4.39. The predicted octanol–water partition coefficient (Wildman–Crippen LogP) is 3.85. The molecule has 0 aliphatic carbocycles. The number of likely N-dealkylation sites (tertiary alicyclic amines) is 1. The standard InChI is InChI=1S/C24H27NO5/c1-15(2)30-19-10-6-9-18(14-19)22(26)20-21(17-8-5-7-16(3)13-17)25(11-12-29-4)24(28)23(20)27/h5-10,13-15,21,26H,11-12H2,1-4H3/b22-20-. The lowest BCUT2D eigenvalue weighted by Crippen LogP contribution is -2.32. The number of methoxy groups -OCH3 is 1. The van der Waals surface area contributed by atoms with Crippen LogP contribution in [0.25, 0.3) is 5.76 Å². The van der Waals surface area contributed by atoms with E-state index in [1.807, 2.05) is 45.0 Å². The van der Waals surface area contributed by atoms with Crippen LogP contribution in [0.3, 0.4) is 0 Å². The molecule has 6 heteroatoms. The normalized spacial score (nSPS) is 18.3. The summed E-state index contributed by atoms with van der Waals surface area (Å²) in [4.78, 5) is 27.2. The first-order valence-corrected chi connectivity index (χ1v) is 9.94. The number of aryl methyl sites for hydroxylation is 1. The minimum Gasteiger partial charge on any atom is -0.507 e. The number of aliphatic hydroxyl groups is 1. The molecule has 6 nitrogen and oxygen atoms in total. The second kappa shape index (κ2) is 9.13. The fourth-order valence-corrected chi connectivity index (χ4v) is 3.63. The van der Waals surface area contributed by atoms with Gasteiger partial charge in [-0.2, -0.15) is 0 Å². The highest BCUT2D eigenvalue weighted by Crippen LogP contribution is 2.39. The number of Topliss-reactive ketones (excluding diaryl/α,β-unsaturated/α-hetero) is 1. The van der Waals surface area contributed by atoms with Crippen molar-refractivity contribution in [2.45, 2.75) is 32.9 Å². The summed E-state index contributed by atoms with van der Waals surface area (Å²) in [7, 11) is 1.54. The lowest BCUT2D eigenvalue weighted by Gasteiger charge is -2.25. The summed E-state index contributed by atoms with van der Waals surface area (Å²) in [6.07, 6.45) is -0.0330. The van der Waals surface area contributed by atoms with E-state index >= 15 is 0 Å². The van der Waals surface area contributed by atoms with Gasteiger partial charge in [-0.15, -0.1) is 0 Å². The van der Waals surface area contributed by atoms with Crippen molar-refractivity contribution in [3.63, 3.8) is 0 Å². The van der Waals surface area contributed by atoms with Gasteiger partial charge >= 0.3 is 0 Å². The van der Waals surface area contributed by atoms with Crippen LogP contribution in [-0.4, -0.2) is 48.1 Å². The van der Waals surface area contributed by atoms with Crippen LogP contribution in [-0.2, 0) is 14.3 Å². The van der Waals surface area contributed by atoms with Crippen molar-refractivity contribution < 1.29 is 24.2 Å². The summed E-state index contributed by atoms with van der Waals surface area (Å²) in [5, 5.41) is 11.1. The average molecular weight is 409 g/mol. The first-order valence-electron chi connectivity index (χ1n) is 9.94. The molecule has 1 amide bonds. The van der Waals surface area contributed by atoms with Crippen molar-refractivity contribution >= 4 is 17.4 Å². The number of ketones is 1. The molecule has 1 aliphatic heterocycles. The maximum atomic E-state index is 12.9. The van der Waals surface area contributed by atoms with E-state index in [0.717, 1.165) is 11.1 Å². The second-order valence-corrected chi connectivity index (χ2v) is 7.59. The number of rotatable bonds is 7. The number of carbonyl (C=O) groups excluding carboxylic acids is 2. The SMILES string of the molecule is COCCN1C(=O)C(=O)/C(=C(\O)c2cccc(OC(C)C)c2)C1c1cccc(C)c1. The molecule has 0 bridgehead atoms. The number of ether oxygens (including phenoxy) is 2. The molecule has 0 radical (unpaired) electrons. The highest BCUT2D eigenvalue weighted by molar-refractivity contribution is 6.46. The van der Waals surface area contributed by atoms with Crippen molar-refractivity contribution in [2.24, 2.45) is 0 Å². The van der Waals surface area contributed by atoms with Crippen LogP contribution in [0.1, 0.15) is 36.6 Å². The molecule has 1 saturated heterocycles. The van der Waals surface area contributed by atoms with E-state index in [4.69, 9.17) is 9.47 Å². The van der Waals surface area contributed by atoms with Crippen molar-refractivity contribution in [1.82, 2.24) is 4.90 Å². The zero-order valence-electron chi connectivity index (χ0n) is 17.7. The van der Waals surface area contributed by atoms with Crippen molar-refractivity contribution in [3.8, 4) is 5.75 Å². The van der Waals surface area contributed by atoms with Gasteiger partial charge in [0.1, 0.15) is 11.5 Å². The molecule has 0 saturated carbocycles. The monoisotopic (exact) mass is 409 g/mol. The van der Waals surface area contributed by atoms with Crippen LogP contribution in [0, 0.1) is 6.92 Å². The Bertz CT molecular complexity index is 979. The van der Waals surface area contributed by atoms with E-state index in [9.17, 15) is 14.7 Å². The van der Waals surface area contributed by atoms with Crippen molar-refractivity contribution in [2.75, 3.05) is 20.3 Å². The number of benzene rings is 2. The smallest absolute Gasteiger partial charge is 0.295 e. The highest BCUT2D eigenvalue weighted by Gasteiger charge is 2.45. The lowest BCUT2D eigenvalue weighted by atomic mass is 9.94. The summed E-state index contributed by atoms with van der Waals surface area (Å²) in [5.74, 6) is -0.983. The van der Waals surface area contributed by atoms with E-state index in [1.165, 1.54) is 4.90 Å². The van der Waals surface area contributed by atoms with Crippen LogP contribution in [0.15, 0.2) is 54.1 Å². The van der Waals surface area contributed by atoms with E-state index in [1.54, 1.807) is 31.4 Å². The number of nitrogens with zero attached hydrogens (tertiary/aromatic N) is 1. The van der Waals surface area contributed by atoms with E-state index in [2.05, 4.69) is 0 Å². The molecule has 2 aromatic rings. The molecule has 1 fully saturated rings. The Hall–Kier alpha value is -3.12. The molecule has 3 rings (SSSR count). The number of amides is 1. The van der Waals surface area contributed by atoms with Gasteiger partial charge in [0.25, 0.3) is 11.7 Å². The lowest BCUT2D eigenvalue weighted by molar-refractivity contribution is -0.140. The summed E-state index contributed by atoms with van der Waals surface area (Å²) >= 11 is 0. The van der Waals surface area contributed by atoms with Gasteiger partial charge in [0.15, 0.2) is 0 Å². The first kappa shape index (κ1) is 21.6. The van der Waals surface area contributed by atoms with Gasteiger partial charge in [-0.1, -0.05) is 42.0 Å². The molecule has 1 heterocycles. The minimum absolute atomic E-state index is 0.0330. The van der Waals surface area contributed by atoms with E-state index in [0.29, 0.717) is 11.3 Å². The van der Waals surface area contributed by atoms with Gasteiger partial charge in [0.2, 0.25) is 0 Å². The van der Waals surface area contributed by atoms with Crippen LogP contribution in [0.5, 0.6) is 5.75 Å². The van der Waals surface area contributed by atoms with Crippen LogP contribution in [0.4, 0.5) is 0 Å². The molecular weight excluding hydrogens is 382 g/mol. The van der Waals surface area contributed by atoms with Crippen LogP contribution >= 0.6 is 0 Å².